The Balaban J connectivity index is 1.68. The molecule has 0 saturated carbocycles. The summed E-state index contributed by atoms with van der Waals surface area (Å²) in [5.74, 6) is 0.143. The van der Waals surface area contributed by atoms with Crippen molar-refractivity contribution in [3.63, 3.8) is 0 Å². The molecule has 1 aliphatic rings. The first-order chi connectivity index (χ1) is 9.84. The molecule has 0 saturated heterocycles. The summed E-state index contributed by atoms with van der Waals surface area (Å²) < 4.78 is 0. The van der Waals surface area contributed by atoms with Crippen molar-refractivity contribution in [2.45, 2.75) is 6.42 Å². The van der Waals surface area contributed by atoms with Crippen LogP contribution in [0.1, 0.15) is 21.5 Å². The number of rotatable bonds is 3. The Labute approximate surface area is 119 Å². The maximum Gasteiger partial charge on any atom is 0.254 e. The van der Waals surface area contributed by atoms with Crippen LogP contribution in [0.2, 0.25) is 0 Å². The molecule has 0 aromatic heterocycles. The number of fused-ring (bicyclic) bond motifs is 1. The van der Waals surface area contributed by atoms with Gasteiger partial charge in [0.15, 0.2) is 0 Å². The van der Waals surface area contributed by atoms with Crippen molar-refractivity contribution in [1.29, 1.82) is 0 Å². The quantitative estimate of drug-likeness (QED) is 0.831. The fourth-order valence-electron chi connectivity index (χ4n) is 2.53. The standard InChI is InChI=1S/C18H17NO/c20-18-17-11-5-4-10-16(17)12-14-19(18)13-6-9-15-7-2-1-3-8-15/h1-11H,12-14H2/b9-6+. The molecule has 2 aromatic rings. The van der Waals surface area contributed by atoms with E-state index in [2.05, 4.69) is 24.3 Å². The van der Waals surface area contributed by atoms with E-state index >= 15 is 0 Å². The minimum absolute atomic E-state index is 0.143. The number of hydrogen-bond acceptors (Lipinski definition) is 1. The predicted molar refractivity (Wildman–Crippen MR) is 81.5 cm³/mol. The number of amides is 1. The Morgan fingerprint density at radius 3 is 2.60 bits per heavy atom. The Morgan fingerprint density at radius 2 is 1.75 bits per heavy atom. The van der Waals surface area contributed by atoms with Gasteiger partial charge in [-0.3, -0.25) is 4.79 Å². The van der Waals surface area contributed by atoms with E-state index in [1.54, 1.807) is 0 Å². The van der Waals surface area contributed by atoms with Gasteiger partial charge in [-0.25, -0.2) is 0 Å². The number of nitrogens with zero attached hydrogens (tertiary/aromatic N) is 1. The minimum atomic E-state index is 0.143. The molecular formula is C18H17NO. The van der Waals surface area contributed by atoms with Crippen molar-refractivity contribution in [3.05, 3.63) is 77.4 Å². The Kier molecular flexibility index (Phi) is 3.64. The van der Waals surface area contributed by atoms with Crippen molar-refractivity contribution in [1.82, 2.24) is 4.90 Å². The van der Waals surface area contributed by atoms with Gasteiger partial charge in [-0.05, 0) is 23.6 Å². The molecule has 20 heavy (non-hydrogen) atoms. The summed E-state index contributed by atoms with van der Waals surface area (Å²) in [6, 6.07) is 18.0. The SMILES string of the molecule is O=C1c2ccccc2CCN1C/C=C/c1ccccc1. The first kappa shape index (κ1) is 12.7. The molecule has 100 valence electrons. The third-order valence-corrected chi connectivity index (χ3v) is 3.62. The van der Waals surface area contributed by atoms with Crippen molar-refractivity contribution < 1.29 is 4.79 Å². The molecule has 1 amide bonds. The topological polar surface area (TPSA) is 20.3 Å². The van der Waals surface area contributed by atoms with E-state index in [0.29, 0.717) is 6.54 Å². The van der Waals surface area contributed by atoms with Gasteiger partial charge in [0.2, 0.25) is 0 Å². The van der Waals surface area contributed by atoms with Crippen molar-refractivity contribution in [2.24, 2.45) is 0 Å². The molecule has 2 nitrogen and oxygen atoms in total. The summed E-state index contributed by atoms with van der Waals surface area (Å²) in [6.45, 7) is 1.47. The molecule has 1 heterocycles. The van der Waals surface area contributed by atoms with Crippen LogP contribution in [0.3, 0.4) is 0 Å². The second-order valence-corrected chi connectivity index (χ2v) is 4.97. The summed E-state index contributed by atoms with van der Waals surface area (Å²) >= 11 is 0. The van der Waals surface area contributed by atoms with Crippen LogP contribution >= 0.6 is 0 Å². The average molecular weight is 263 g/mol. The van der Waals surface area contributed by atoms with Gasteiger partial charge in [0.05, 0.1) is 0 Å². The molecule has 0 unspecified atom stereocenters. The van der Waals surface area contributed by atoms with Gasteiger partial charge in [-0.1, -0.05) is 60.7 Å². The first-order valence-corrected chi connectivity index (χ1v) is 6.93. The molecule has 1 aliphatic heterocycles. The van der Waals surface area contributed by atoms with E-state index < -0.39 is 0 Å². The summed E-state index contributed by atoms with van der Waals surface area (Å²) in [5, 5.41) is 0. The van der Waals surface area contributed by atoms with Crippen LogP contribution in [-0.2, 0) is 6.42 Å². The average Bonchev–Trinajstić information content (AvgIpc) is 2.51. The van der Waals surface area contributed by atoms with Gasteiger partial charge in [-0.15, -0.1) is 0 Å². The van der Waals surface area contributed by atoms with Crippen LogP contribution in [0.25, 0.3) is 6.08 Å². The van der Waals surface area contributed by atoms with E-state index in [1.807, 2.05) is 47.4 Å². The monoisotopic (exact) mass is 263 g/mol. The molecular weight excluding hydrogens is 246 g/mol. The zero-order valence-corrected chi connectivity index (χ0v) is 11.3. The predicted octanol–water partition coefficient (Wildman–Crippen LogP) is 3.40. The number of hydrogen-bond donors (Lipinski definition) is 0. The Hall–Kier alpha value is -2.35. The second-order valence-electron chi connectivity index (χ2n) is 4.97. The van der Waals surface area contributed by atoms with E-state index in [1.165, 1.54) is 5.56 Å². The first-order valence-electron chi connectivity index (χ1n) is 6.93. The van der Waals surface area contributed by atoms with E-state index in [-0.39, 0.29) is 5.91 Å². The van der Waals surface area contributed by atoms with Gasteiger partial charge in [0.25, 0.3) is 5.91 Å². The van der Waals surface area contributed by atoms with Crippen LogP contribution in [0, 0.1) is 0 Å². The summed E-state index contributed by atoms with van der Waals surface area (Å²) in [6.07, 6.45) is 5.07. The van der Waals surface area contributed by atoms with Gasteiger partial charge in [0, 0.05) is 18.7 Å². The molecule has 0 aliphatic carbocycles. The lowest BCUT2D eigenvalue weighted by molar-refractivity contribution is 0.0759. The number of carbonyl (C=O) groups excluding carboxylic acids is 1. The van der Waals surface area contributed by atoms with Gasteiger partial charge < -0.3 is 4.90 Å². The highest BCUT2D eigenvalue weighted by Gasteiger charge is 2.22. The second kappa shape index (κ2) is 5.74. The highest BCUT2D eigenvalue weighted by atomic mass is 16.2. The molecule has 0 atom stereocenters. The Bertz CT molecular complexity index is 631. The normalized spacial score (nSPS) is 14.6. The van der Waals surface area contributed by atoms with Crippen LogP contribution in [0.5, 0.6) is 0 Å². The smallest absolute Gasteiger partial charge is 0.254 e. The fraction of sp³-hybridized carbons (Fsp3) is 0.167. The Morgan fingerprint density at radius 1 is 1.00 bits per heavy atom. The van der Waals surface area contributed by atoms with E-state index in [0.717, 1.165) is 24.1 Å². The lowest BCUT2D eigenvalue weighted by Gasteiger charge is -2.27. The van der Waals surface area contributed by atoms with Crippen molar-refractivity contribution >= 4 is 12.0 Å². The minimum Gasteiger partial charge on any atom is -0.335 e. The molecule has 3 rings (SSSR count). The molecule has 0 radical (unpaired) electrons. The largest absolute Gasteiger partial charge is 0.335 e. The zero-order chi connectivity index (χ0) is 13.8. The summed E-state index contributed by atoms with van der Waals surface area (Å²) in [5.41, 5.74) is 3.19. The third kappa shape index (κ3) is 2.64. The highest BCUT2D eigenvalue weighted by Crippen LogP contribution is 2.18. The van der Waals surface area contributed by atoms with Crippen LogP contribution in [0.15, 0.2) is 60.7 Å². The van der Waals surface area contributed by atoms with Gasteiger partial charge in [0.1, 0.15) is 0 Å². The summed E-state index contributed by atoms with van der Waals surface area (Å²) in [4.78, 5) is 14.3. The lowest BCUT2D eigenvalue weighted by atomic mass is 9.99. The maximum atomic E-state index is 12.4. The molecule has 0 N–H and O–H groups in total. The van der Waals surface area contributed by atoms with Crippen LogP contribution in [-0.4, -0.2) is 23.9 Å². The molecule has 0 bridgehead atoms. The van der Waals surface area contributed by atoms with E-state index in [4.69, 9.17) is 0 Å². The van der Waals surface area contributed by atoms with Gasteiger partial charge >= 0.3 is 0 Å². The molecule has 2 heteroatoms. The van der Waals surface area contributed by atoms with Crippen molar-refractivity contribution in [3.8, 4) is 0 Å². The number of benzene rings is 2. The highest BCUT2D eigenvalue weighted by molar-refractivity contribution is 5.96. The molecule has 2 aromatic carbocycles. The molecule has 0 fully saturated rings. The van der Waals surface area contributed by atoms with Crippen LogP contribution < -0.4 is 0 Å². The fourth-order valence-corrected chi connectivity index (χ4v) is 2.53. The number of carbonyl (C=O) groups is 1. The van der Waals surface area contributed by atoms with Gasteiger partial charge in [-0.2, -0.15) is 0 Å². The maximum absolute atomic E-state index is 12.4. The van der Waals surface area contributed by atoms with E-state index in [9.17, 15) is 4.79 Å². The van der Waals surface area contributed by atoms with Crippen molar-refractivity contribution in [2.75, 3.05) is 13.1 Å². The van der Waals surface area contributed by atoms with Crippen LogP contribution in [0.4, 0.5) is 0 Å². The lowest BCUT2D eigenvalue weighted by Crippen LogP contribution is -2.37. The zero-order valence-electron chi connectivity index (χ0n) is 11.3. The molecule has 0 spiro atoms. The summed E-state index contributed by atoms with van der Waals surface area (Å²) in [7, 11) is 0. The third-order valence-electron chi connectivity index (χ3n) is 3.62.